The van der Waals surface area contributed by atoms with Crippen molar-refractivity contribution in [2.24, 2.45) is 0 Å². The highest BCUT2D eigenvalue weighted by Crippen LogP contribution is 2.42. The second-order valence-corrected chi connectivity index (χ2v) is 11.6. The number of rotatable bonds is 3. The van der Waals surface area contributed by atoms with Crippen molar-refractivity contribution in [1.29, 1.82) is 5.26 Å². The summed E-state index contributed by atoms with van der Waals surface area (Å²) in [5.74, 6) is 0.116. The number of nitriles is 1. The highest BCUT2D eigenvalue weighted by atomic mass is 16.2. The molecule has 2 aliphatic heterocycles. The number of benzene rings is 1. The number of fused-ring (bicyclic) bond motifs is 1. The summed E-state index contributed by atoms with van der Waals surface area (Å²) in [6.07, 6.45) is 8.91. The Hall–Kier alpha value is -4.42. The molecule has 1 aromatic carbocycles. The molecule has 0 N–H and O–H groups in total. The number of carbonyl (C=O) groups excluding carboxylic acids is 2. The highest BCUT2D eigenvalue weighted by Gasteiger charge is 2.32. The number of piperidine rings is 1. The third-order valence-electron chi connectivity index (χ3n) is 9.07. The molecule has 0 atom stereocenters. The van der Waals surface area contributed by atoms with Gasteiger partial charge in [0.25, 0.3) is 0 Å². The molecule has 9 heteroatoms. The first-order valence-electron chi connectivity index (χ1n) is 14.4. The normalized spacial score (nSPS) is 18.1. The van der Waals surface area contributed by atoms with E-state index in [0.717, 1.165) is 64.9 Å². The molecular weight excluding hydrogens is 514 g/mol. The summed E-state index contributed by atoms with van der Waals surface area (Å²) in [6.45, 7) is 3.22. The molecule has 1 saturated heterocycles. The fraction of sp³-hybridized carbons (Fsp3) is 0.375. The number of allylic oxidation sites excluding steroid dienone is 2. The van der Waals surface area contributed by atoms with Crippen LogP contribution in [0.2, 0.25) is 0 Å². The van der Waals surface area contributed by atoms with E-state index in [9.17, 15) is 14.9 Å². The van der Waals surface area contributed by atoms with Gasteiger partial charge >= 0.3 is 6.03 Å². The van der Waals surface area contributed by atoms with Crippen molar-refractivity contribution in [2.45, 2.75) is 44.8 Å². The first-order chi connectivity index (χ1) is 19.9. The number of pyridine rings is 1. The predicted octanol–water partition coefficient (Wildman–Crippen LogP) is 4.40. The highest BCUT2D eigenvalue weighted by molar-refractivity contribution is 6.31. The second-order valence-electron chi connectivity index (χ2n) is 11.6. The third-order valence-corrected chi connectivity index (χ3v) is 9.07. The van der Waals surface area contributed by atoms with Gasteiger partial charge in [0, 0.05) is 74.1 Å². The molecule has 0 unspecified atom stereocenters. The number of Topliss-reactive ketones (excluding diaryl/α,β-unsaturated/α-hetero) is 1. The van der Waals surface area contributed by atoms with Crippen molar-refractivity contribution in [3.8, 4) is 6.07 Å². The lowest BCUT2D eigenvalue weighted by Crippen LogP contribution is -2.49. The van der Waals surface area contributed by atoms with Gasteiger partial charge in [-0.2, -0.15) is 5.26 Å². The van der Waals surface area contributed by atoms with Crippen molar-refractivity contribution in [3.63, 3.8) is 0 Å². The minimum Gasteiger partial charge on any atom is -0.345 e. The minimum absolute atomic E-state index is 0.0719. The molecule has 1 aliphatic carbocycles. The number of hydrogen-bond acceptors (Lipinski definition) is 5. The molecule has 7 rings (SSSR count). The Morgan fingerprint density at radius 3 is 2.68 bits per heavy atom. The van der Waals surface area contributed by atoms with Gasteiger partial charge in [0.05, 0.1) is 29.0 Å². The van der Waals surface area contributed by atoms with E-state index in [2.05, 4.69) is 40.8 Å². The molecule has 208 valence electrons. The van der Waals surface area contributed by atoms with Crippen molar-refractivity contribution in [1.82, 2.24) is 28.7 Å². The van der Waals surface area contributed by atoms with Crippen LogP contribution in [0.4, 0.5) is 4.79 Å². The van der Waals surface area contributed by atoms with Crippen LogP contribution in [0.1, 0.15) is 48.1 Å². The monoisotopic (exact) mass is 547 g/mol. The summed E-state index contributed by atoms with van der Waals surface area (Å²) in [6, 6.07) is 12.6. The molecule has 0 spiro atoms. The maximum atomic E-state index is 13.6. The van der Waals surface area contributed by atoms with Crippen molar-refractivity contribution in [2.75, 3.05) is 33.7 Å². The Morgan fingerprint density at radius 1 is 1.07 bits per heavy atom. The van der Waals surface area contributed by atoms with Crippen molar-refractivity contribution < 1.29 is 9.59 Å². The maximum absolute atomic E-state index is 13.6. The fourth-order valence-corrected chi connectivity index (χ4v) is 6.92. The third kappa shape index (κ3) is 4.21. The van der Waals surface area contributed by atoms with Crippen LogP contribution in [-0.4, -0.2) is 80.2 Å². The summed E-state index contributed by atoms with van der Waals surface area (Å²) >= 11 is 0. The van der Waals surface area contributed by atoms with Crippen LogP contribution in [0.25, 0.3) is 27.7 Å². The number of hydrogen-bond donors (Lipinski definition) is 0. The smallest absolute Gasteiger partial charge is 0.320 e. The minimum atomic E-state index is 0.0719. The molecule has 3 aliphatic rings. The molecule has 3 aromatic heterocycles. The number of aromatic nitrogens is 3. The molecule has 0 radical (unpaired) electrons. The zero-order valence-corrected chi connectivity index (χ0v) is 23.5. The van der Waals surface area contributed by atoms with Gasteiger partial charge in [0.15, 0.2) is 5.78 Å². The zero-order chi connectivity index (χ0) is 28.2. The van der Waals surface area contributed by atoms with E-state index >= 15 is 0 Å². The van der Waals surface area contributed by atoms with Gasteiger partial charge in [-0.1, -0.05) is 6.07 Å². The molecule has 9 nitrogen and oxygen atoms in total. The lowest BCUT2D eigenvalue weighted by Gasteiger charge is -2.37. The molecule has 2 amide bonds. The van der Waals surface area contributed by atoms with E-state index < -0.39 is 0 Å². The number of imidazole rings is 1. The molecule has 41 heavy (non-hydrogen) atoms. The molecule has 4 aromatic rings. The molecule has 0 saturated carbocycles. The summed E-state index contributed by atoms with van der Waals surface area (Å²) < 4.78 is 4.19. The van der Waals surface area contributed by atoms with Crippen molar-refractivity contribution >= 4 is 39.5 Å². The number of nitrogens with zero attached hydrogens (tertiary/aromatic N) is 7. The van der Waals surface area contributed by atoms with Gasteiger partial charge in [-0.05, 0) is 68.8 Å². The van der Waals surface area contributed by atoms with Gasteiger partial charge in [-0.25, -0.2) is 9.78 Å². The number of likely N-dealkylation sites (tertiary alicyclic amines) is 1. The Balaban J connectivity index is 1.28. The molecular formula is C32H33N7O2. The van der Waals surface area contributed by atoms with E-state index in [4.69, 9.17) is 0 Å². The summed E-state index contributed by atoms with van der Waals surface area (Å²) in [4.78, 5) is 37.6. The predicted molar refractivity (Wildman–Crippen MR) is 157 cm³/mol. The number of amides is 2. The van der Waals surface area contributed by atoms with Gasteiger partial charge < -0.3 is 19.3 Å². The molecule has 5 heterocycles. The van der Waals surface area contributed by atoms with Crippen LogP contribution in [0.5, 0.6) is 0 Å². The molecule has 0 bridgehead atoms. The topological polar surface area (TPSA) is 89.9 Å². The average molecular weight is 548 g/mol. The Bertz CT molecular complexity index is 1780. The van der Waals surface area contributed by atoms with Gasteiger partial charge in [-0.15, -0.1) is 0 Å². The Morgan fingerprint density at radius 2 is 1.90 bits per heavy atom. The van der Waals surface area contributed by atoms with E-state index in [1.165, 1.54) is 0 Å². The van der Waals surface area contributed by atoms with Gasteiger partial charge in [-0.3, -0.25) is 9.20 Å². The number of urea groups is 1. The number of carbonyl (C=O) groups is 2. The SMILES string of the molecule is CN(C)C1CCN(C(=O)N2CCn3cc(C4=C(c5cnc6ccccn56)C(=O)CC4)c4cc(C#N)cc(c43)C2)CC1. The van der Waals surface area contributed by atoms with Crippen LogP contribution < -0.4 is 0 Å². The second kappa shape index (κ2) is 9.89. The van der Waals surface area contributed by atoms with Gasteiger partial charge in [0.2, 0.25) is 0 Å². The standard InChI is InChI=1S/C32H33N7O2/c1-35(2)23-8-11-36(12-9-23)32(41)38-14-13-37-20-26(25-16-21(17-33)15-22(19-38)31(25)37)24-6-7-28(40)30(24)27-18-34-29-5-3-4-10-39(27)29/h3-5,10,15-16,18,20,23H,6-9,11-14,19H2,1-2H3. The largest absolute Gasteiger partial charge is 0.345 e. The van der Waals surface area contributed by atoms with Crippen LogP contribution >= 0.6 is 0 Å². The maximum Gasteiger partial charge on any atom is 0.320 e. The van der Waals surface area contributed by atoms with Crippen LogP contribution in [-0.2, 0) is 17.9 Å². The van der Waals surface area contributed by atoms with Gasteiger partial charge in [0.1, 0.15) is 5.65 Å². The van der Waals surface area contributed by atoms with Crippen molar-refractivity contribution in [3.05, 3.63) is 71.3 Å². The summed E-state index contributed by atoms with van der Waals surface area (Å²) in [5.41, 5.74) is 6.90. The zero-order valence-electron chi connectivity index (χ0n) is 23.5. The fourth-order valence-electron chi connectivity index (χ4n) is 6.92. The van der Waals surface area contributed by atoms with E-state index in [0.29, 0.717) is 49.7 Å². The lowest BCUT2D eigenvalue weighted by atomic mass is 9.97. The first kappa shape index (κ1) is 25.5. The van der Waals surface area contributed by atoms with E-state index in [-0.39, 0.29) is 11.8 Å². The average Bonchev–Trinajstić information content (AvgIpc) is 3.65. The van der Waals surface area contributed by atoms with Crippen LogP contribution in [0, 0.1) is 11.3 Å². The van der Waals surface area contributed by atoms with E-state index in [1.807, 2.05) is 50.7 Å². The lowest BCUT2D eigenvalue weighted by molar-refractivity contribution is -0.113. The quantitative estimate of drug-likeness (QED) is 0.379. The molecule has 1 fully saturated rings. The number of ketones is 1. The van der Waals surface area contributed by atoms with Crippen LogP contribution in [0.15, 0.2) is 48.9 Å². The summed E-state index contributed by atoms with van der Waals surface area (Å²) in [7, 11) is 4.21. The summed E-state index contributed by atoms with van der Waals surface area (Å²) in [5, 5.41) is 10.9. The Kier molecular flexibility index (Phi) is 6.16. The van der Waals surface area contributed by atoms with E-state index in [1.54, 1.807) is 6.20 Å². The van der Waals surface area contributed by atoms with Crippen LogP contribution in [0.3, 0.4) is 0 Å². The Labute approximate surface area is 238 Å². The first-order valence-corrected chi connectivity index (χ1v) is 14.4.